The van der Waals surface area contributed by atoms with Crippen molar-refractivity contribution in [3.8, 4) is 0 Å². The lowest BCUT2D eigenvalue weighted by Gasteiger charge is -2.36. The first-order valence-electron chi connectivity index (χ1n) is 10.9. The molecule has 11 heteroatoms. The van der Waals surface area contributed by atoms with Gasteiger partial charge in [-0.3, -0.25) is 4.79 Å². The molecule has 4 rings (SSSR count). The summed E-state index contributed by atoms with van der Waals surface area (Å²) in [5.74, 6) is -0.954. The van der Waals surface area contributed by atoms with Crippen molar-refractivity contribution in [2.24, 2.45) is 0 Å². The average molecular weight is 502 g/mol. The topological polar surface area (TPSA) is 86.7 Å². The molecule has 2 aromatic carbocycles. The fraction of sp³-hybridized carbons (Fsp3) is 0.292. The summed E-state index contributed by atoms with van der Waals surface area (Å²) in [5, 5.41) is 0. The number of sulfone groups is 1. The van der Waals surface area contributed by atoms with Gasteiger partial charge in [0, 0.05) is 57.8 Å². The van der Waals surface area contributed by atoms with Gasteiger partial charge in [-0.2, -0.15) is 0 Å². The lowest BCUT2D eigenvalue weighted by atomic mass is 10.2. The number of carbonyl (C=O) groups is 1. The lowest BCUT2D eigenvalue weighted by molar-refractivity contribution is 0.0778. The molecule has 1 aliphatic heterocycles. The fourth-order valence-corrected chi connectivity index (χ4v) is 4.52. The van der Waals surface area contributed by atoms with E-state index < -0.39 is 15.7 Å². The van der Waals surface area contributed by atoms with Gasteiger partial charge in [0.05, 0.1) is 10.6 Å². The third kappa shape index (κ3) is 5.56. The summed E-state index contributed by atoms with van der Waals surface area (Å²) >= 11 is 0. The highest BCUT2D eigenvalue weighted by Gasteiger charge is 2.23. The molecule has 0 atom stereocenters. The number of carbonyl (C=O) groups excluding carboxylic acids is 1. The minimum atomic E-state index is -3.49. The molecule has 184 valence electrons. The summed E-state index contributed by atoms with van der Waals surface area (Å²) in [5.41, 5.74) is 0.931. The maximum atomic E-state index is 14.6. The van der Waals surface area contributed by atoms with Gasteiger partial charge in [-0.1, -0.05) is 18.2 Å². The van der Waals surface area contributed by atoms with Gasteiger partial charge in [0.1, 0.15) is 17.3 Å². The number of hydrogen-bond donors (Lipinski definition) is 0. The van der Waals surface area contributed by atoms with E-state index in [2.05, 4.69) is 9.97 Å². The van der Waals surface area contributed by atoms with Gasteiger partial charge in [0.2, 0.25) is 5.95 Å². The predicted molar refractivity (Wildman–Crippen MR) is 128 cm³/mol. The summed E-state index contributed by atoms with van der Waals surface area (Å²) in [6.45, 7) is 1.99. The highest BCUT2D eigenvalue weighted by molar-refractivity contribution is 7.90. The highest BCUT2D eigenvalue weighted by Crippen LogP contribution is 2.25. The Morgan fingerprint density at radius 2 is 1.69 bits per heavy atom. The third-order valence-electron chi connectivity index (χ3n) is 5.82. The van der Waals surface area contributed by atoms with Gasteiger partial charge in [0.25, 0.3) is 5.91 Å². The molecule has 0 radical (unpaired) electrons. The van der Waals surface area contributed by atoms with Crippen LogP contribution in [0.3, 0.4) is 0 Å². The van der Waals surface area contributed by atoms with E-state index in [1.165, 1.54) is 35.4 Å². The van der Waals surface area contributed by atoms with E-state index in [0.29, 0.717) is 43.4 Å². The van der Waals surface area contributed by atoms with Gasteiger partial charge < -0.3 is 14.7 Å². The van der Waals surface area contributed by atoms with Crippen LogP contribution in [-0.2, 0) is 16.4 Å². The Kier molecular flexibility index (Phi) is 6.97. The zero-order valence-corrected chi connectivity index (χ0v) is 20.2. The molecule has 1 aromatic heterocycles. The van der Waals surface area contributed by atoms with Gasteiger partial charge in [0.15, 0.2) is 9.84 Å². The molecule has 0 saturated carbocycles. The van der Waals surface area contributed by atoms with Crippen LogP contribution in [-0.4, -0.2) is 68.7 Å². The number of piperazine rings is 1. The number of anilines is 2. The maximum Gasteiger partial charge on any atom is 0.272 e. The van der Waals surface area contributed by atoms with E-state index in [1.54, 1.807) is 25.2 Å². The molecule has 0 aliphatic carbocycles. The van der Waals surface area contributed by atoms with Crippen LogP contribution >= 0.6 is 0 Å². The van der Waals surface area contributed by atoms with Crippen LogP contribution in [0.5, 0.6) is 0 Å². The zero-order valence-electron chi connectivity index (χ0n) is 19.4. The Balaban J connectivity index is 1.42. The van der Waals surface area contributed by atoms with Crippen molar-refractivity contribution in [1.82, 2.24) is 14.9 Å². The van der Waals surface area contributed by atoms with Crippen molar-refractivity contribution in [3.63, 3.8) is 0 Å². The number of rotatable bonds is 6. The third-order valence-corrected chi connectivity index (χ3v) is 6.93. The number of aromatic nitrogens is 2. The van der Waals surface area contributed by atoms with E-state index >= 15 is 0 Å². The smallest absolute Gasteiger partial charge is 0.272 e. The maximum absolute atomic E-state index is 14.6. The summed E-state index contributed by atoms with van der Waals surface area (Å²) in [4.78, 5) is 26.6. The molecule has 1 fully saturated rings. The SMILES string of the molecule is CN(Cc1ccccc1F)C(=O)c1ccnc(N2CCN(c3ccc(S(C)(=O)=O)cc3F)CC2)n1. The second kappa shape index (κ2) is 9.95. The van der Waals surface area contributed by atoms with Crippen molar-refractivity contribution in [3.05, 3.63) is 77.6 Å². The molecule has 3 aromatic rings. The Hall–Kier alpha value is -3.60. The second-order valence-electron chi connectivity index (χ2n) is 8.35. The van der Waals surface area contributed by atoms with Gasteiger partial charge in [-0.25, -0.2) is 27.2 Å². The molecule has 0 bridgehead atoms. The molecule has 1 saturated heterocycles. The normalized spacial score (nSPS) is 14.2. The predicted octanol–water partition coefficient (Wildman–Crippen LogP) is 2.76. The molecule has 0 N–H and O–H groups in total. The summed E-state index contributed by atoms with van der Waals surface area (Å²) in [6.07, 6.45) is 2.54. The van der Waals surface area contributed by atoms with Crippen LogP contribution in [0.4, 0.5) is 20.4 Å². The van der Waals surface area contributed by atoms with E-state index in [-0.39, 0.29) is 28.9 Å². The van der Waals surface area contributed by atoms with Crippen molar-refractivity contribution in [1.29, 1.82) is 0 Å². The molecule has 0 unspecified atom stereocenters. The van der Waals surface area contributed by atoms with Crippen molar-refractivity contribution >= 4 is 27.4 Å². The Labute approximate surface area is 202 Å². The molecule has 35 heavy (non-hydrogen) atoms. The van der Waals surface area contributed by atoms with E-state index in [0.717, 1.165) is 12.3 Å². The van der Waals surface area contributed by atoms with Gasteiger partial charge >= 0.3 is 0 Å². The molecule has 1 aliphatic rings. The molecule has 2 heterocycles. The standard InChI is InChI=1S/C24H25F2N5O3S/c1-29(16-17-5-3-4-6-19(17)25)23(32)21-9-10-27-24(28-21)31-13-11-30(12-14-31)22-8-7-18(15-20(22)26)35(2,33)34/h3-10,15H,11-14,16H2,1-2H3. The van der Waals surface area contributed by atoms with Gasteiger partial charge in [-0.15, -0.1) is 0 Å². The largest absolute Gasteiger partial charge is 0.366 e. The first-order valence-corrected chi connectivity index (χ1v) is 12.8. The second-order valence-corrected chi connectivity index (χ2v) is 10.4. The monoisotopic (exact) mass is 501 g/mol. The highest BCUT2D eigenvalue weighted by atomic mass is 32.2. The summed E-state index contributed by atoms with van der Waals surface area (Å²) < 4.78 is 51.8. The van der Waals surface area contributed by atoms with Crippen molar-refractivity contribution < 1.29 is 22.0 Å². The van der Waals surface area contributed by atoms with Crippen molar-refractivity contribution in [2.45, 2.75) is 11.4 Å². The minimum Gasteiger partial charge on any atom is -0.366 e. The molecule has 1 amide bonds. The van der Waals surface area contributed by atoms with Crippen LogP contribution in [0.25, 0.3) is 0 Å². The van der Waals surface area contributed by atoms with Crippen LogP contribution in [0, 0.1) is 11.6 Å². The number of nitrogens with zero attached hydrogens (tertiary/aromatic N) is 5. The Bertz CT molecular complexity index is 1340. The Morgan fingerprint density at radius 1 is 1.00 bits per heavy atom. The number of amides is 1. The Morgan fingerprint density at radius 3 is 2.34 bits per heavy atom. The lowest BCUT2D eigenvalue weighted by Crippen LogP contribution is -2.47. The first-order chi connectivity index (χ1) is 16.6. The average Bonchev–Trinajstić information content (AvgIpc) is 2.84. The molecule has 8 nitrogen and oxygen atoms in total. The quantitative estimate of drug-likeness (QED) is 0.513. The molecule has 0 spiro atoms. The molecular formula is C24H25F2N5O3S. The number of benzene rings is 2. The summed E-state index contributed by atoms with van der Waals surface area (Å²) in [7, 11) is -1.91. The summed E-state index contributed by atoms with van der Waals surface area (Å²) in [6, 6.07) is 11.7. The van der Waals surface area contributed by atoms with Crippen LogP contribution in [0.2, 0.25) is 0 Å². The fourth-order valence-electron chi connectivity index (χ4n) is 3.89. The van der Waals surface area contributed by atoms with E-state index in [4.69, 9.17) is 0 Å². The first kappa shape index (κ1) is 24.5. The van der Waals surface area contributed by atoms with Crippen LogP contribution < -0.4 is 9.80 Å². The van der Waals surface area contributed by atoms with Gasteiger partial charge in [-0.05, 0) is 30.3 Å². The van der Waals surface area contributed by atoms with Crippen LogP contribution in [0.15, 0.2) is 59.6 Å². The van der Waals surface area contributed by atoms with E-state index in [1.807, 2.05) is 9.80 Å². The minimum absolute atomic E-state index is 0.0627. The number of halogens is 2. The van der Waals surface area contributed by atoms with Crippen molar-refractivity contribution in [2.75, 3.05) is 49.3 Å². The molecular weight excluding hydrogens is 476 g/mol. The van der Waals surface area contributed by atoms with Crippen LogP contribution in [0.1, 0.15) is 16.1 Å². The number of hydrogen-bond acceptors (Lipinski definition) is 7. The van der Waals surface area contributed by atoms with E-state index in [9.17, 15) is 22.0 Å². The zero-order chi connectivity index (χ0) is 25.2.